The van der Waals surface area contributed by atoms with Crippen molar-refractivity contribution < 1.29 is 28.2 Å². The molecule has 4 aliphatic rings. The minimum Gasteiger partial charge on any atom is -0.490 e. The number of hydrogen-bond acceptors (Lipinski definition) is 11. The smallest absolute Gasteiger partial charge is 0.410 e. The second kappa shape index (κ2) is 14.7. The summed E-state index contributed by atoms with van der Waals surface area (Å²) in [4.78, 5) is 43.2. The van der Waals surface area contributed by atoms with Crippen molar-refractivity contribution in [1.82, 2.24) is 34.9 Å². The first-order valence-corrected chi connectivity index (χ1v) is 18.9. The predicted molar refractivity (Wildman–Crippen MR) is 196 cm³/mol. The number of anilines is 1. The molecule has 7 rings (SSSR count). The lowest BCUT2D eigenvalue weighted by Crippen LogP contribution is -2.68. The lowest BCUT2D eigenvalue weighted by atomic mass is 9.60. The first kappa shape index (κ1) is 36.8. The Hall–Kier alpha value is -4.59. The van der Waals surface area contributed by atoms with E-state index in [1.54, 1.807) is 4.90 Å². The molecular formula is C39H51FN8O5. The molecule has 3 aromatic rings. The maximum Gasteiger partial charge on any atom is 0.410 e. The molecule has 0 bridgehead atoms. The number of carbonyl (C=O) groups excluding carboxylic acids is 2. The van der Waals surface area contributed by atoms with Crippen LogP contribution in [-0.4, -0.2) is 110 Å². The van der Waals surface area contributed by atoms with Gasteiger partial charge in [0.05, 0.1) is 5.56 Å². The zero-order chi connectivity index (χ0) is 37.5. The van der Waals surface area contributed by atoms with Gasteiger partial charge < -0.3 is 28.9 Å². The molecule has 2 amide bonds. The van der Waals surface area contributed by atoms with Crippen LogP contribution in [0.4, 0.5) is 15.0 Å². The summed E-state index contributed by atoms with van der Waals surface area (Å²) in [7, 11) is 0. The number of ether oxygens (including phenoxy) is 3. The van der Waals surface area contributed by atoms with Gasteiger partial charge in [-0.2, -0.15) is 0 Å². The summed E-state index contributed by atoms with van der Waals surface area (Å²) >= 11 is 0. The maximum atomic E-state index is 14.4. The maximum absolute atomic E-state index is 14.4. The molecule has 0 N–H and O–H groups in total. The largest absolute Gasteiger partial charge is 0.490 e. The molecule has 53 heavy (non-hydrogen) atoms. The normalized spacial score (nSPS) is 19.0. The average Bonchev–Trinajstić information content (AvgIpc) is 3.08. The molecule has 14 heteroatoms. The highest BCUT2D eigenvalue weighted by Gasteiger charge is 2.56. The Morgan fingerprint density at radius 1 is 1.06 bits per heavy atom. The molecular weight excluding hydrogens is 679 g/mol. The molecule has 3 fully saturated rings. The van der Waals surface area contributed by atoms with Crippen molar-refractivity contribution in [2.75, 3.05) is 44.2 Å². The van der Waals surface area contributed by atoms with Crippen LogP contribution >= 0.6 is 0 Å². The fourth-order valence-electron chi connectivity index (χ4n) is 8.20. The predicted octanol–water partition coefficient (Wildman–Crippen LogP) is 5.87. The quantitative estimate of drug-likeness (QED) is 0.262. The number of benzene rings is 1. The van der Waals surface area contributed by atoms with Gasteiger partial charge in [0.15, 0.2) is 5.82 Å². The van der Waals surface area contributed by atoms with Crippen molar-refractivity contribution in [3.63, 3.8) is 0 Å². The van der Waals surface area contributed by atoms with Crippen molar-refractivity contribution in [2.45, 2.75) is 104 Å². The van der Waals surface area contributed by atoms with Crippen LogP contribution in [0.5, 0.6) is 17.4 Å². The van der Waals surface area contributed by atoms with E-state index in [0.717, 1.165) is 69.7 Å². The van der Waals surface area contributed by atoms with Crippen LogP contribution in [0.3, 0.4) is 0 Å². The number of nitrogens with zero attached hydrogens (tertiary/aromatic N) is 8. The zero-order valence-corrected chi connectivity index (χ0v) is 31.7. The van der Waals surface area contributed by atoms with Crippen LogP contribution in [-0.2, 0) is 17.7 Å². The Balaban J connectivity index is 0.956. The molecule has 0 radical (unpaired) electrons. The van der Waals surface area contributed by atoms with E-state index in [1.807, 2.05) is 58.7 Å². The summed E-state index contributed by atoms with van der Waals surface area (Å²) in [6.07, 6.45) is 7.59. The SMILES string of the molecule is CCN(C(=O)c1cc(F)ccc1Oc1nncnc1N1CCC(Oc2ccnc3c2CN(C2CC4(C2)CN(C(=O)OC(C)(C)C)C4)CC3)CC1)C(C)C. The molecule has 0 atom stereocenters. The molecule has 2 aromatic heterocycles. The van der Waals surface area contributed by atoms with Gasteiger partial charge in [-0.3, -0.25) is 14.7 Å². The molecule has 13 nitrogen and oxygen atoms in total. The molecule has 1 spiro atoms. The Bertz CT molecular complexity index is 1810. The van der Waals surface area contributed by atoms with Crippen molar-refractivity contribution in [1.29, 1.82) is 0 Å². The van der Waals surface area contributed by atoms with Crippen molar-refractivity contribution >= 4 is 17.8 Å². The molecule has 1 aromatic carbocycles. The van der Waals surface area contributed by atoms with E-state index in [4.69, 9.17) is 19.2 Å². The summed E-state index contributed by atoms with van der Waals surface area (Å²) in [6, 6.07) is 6.32. The van der Waals surface area contributed by atoms with Crippen molar-refractivity contribution in [3.05, 3.63) is 59.4 Å². The first-order chi connectivity index (χ1) is 25.3. The van der Waals surface area contributed by atoms with Crippen LogP contribution in [0.25, 0.3) is 0 Å². The van der Waals surface area contributed by atoms with Crippen LogP contribution in [0.1, 0.15) is 88.8 Å². The Morgan fingerprint density at radius 3 is 2.51 bits per heavy atom. The highest BCUT2D eigenvalue weighted by Crippen LogP contribution is 2.51. The zero-order valence-electron chi connectivity index (χ0n) is 31.7. The summed E-state index contributed by atoms with van der Waals surface area (Å²) in [5.41, 5.74) is 2.13. The van der Waals surface area contributed by atoms with Crippen LogP contribution in [0.15, 0.2) is 36.8 Å². The van der Waals surface area contributed by atoms with E-state index in [9.17, 15) is 14.0 Å². The van der Waals surface area contributed by atoms with E-state index < -0.39 is 11.4 Å². The van der Waals surface area contributed by atoms with Gasteiger partial charge in [-0.15, -0.1) is 10.2 Å². The third-order valence-electron chi connectivity index (χ3n) is 10.9. The van der Waals surface area contributed by atoms with Crippen LogP contribution < -0.4 is 14.4 Å². The molecule has 1 aliphatic carbocycles. The first-order valence-electron chi connectivity index (χ1n) is 18.9. The summed E-state index contributed by atoms with van der Waals surface area (Å²) < 4.78 is 32.8. The molecule has 0 unspecified atom stereocenters. The standard InChI is InChI=1S/C39H51FN8O5/c1-7-48(25(2)3)36(49)29-18-26(40)8-9-32(29)52-35-34(42-24-43-44-35)45-15-11-28(12-16-45)51-33-10-14-41-31-13-17-46(21-30(31)33)27-19-39(20-27)22-47(23-39)37(50)53-38(4,5)6/h8-10,14,18,24-25,27-28H,7,11-13,15-17,19-23H2,1-6H3. The monoisotopic (exact) mass is 730 g/mol. The van der Waals surface area contributed by atoms with Gasteiger partial charge in [-0.05, 0) is 78.6 Å². The minimum absolute atomic E-state index is 0.00506. The Morgan fingerprint density at radius 2 is 1.81 bits per heavy atom. The summed E-state index contributed by atoms with van der Waals surface area (Å²) in [5.74, 6) is 0.906. The highest BCUT2D eigenvalue weighted by atomic mass is 19.1. The Kier molecular flexibility index (Phi) is 10.2. The van der Waals surface area contributed by atoms with E-state index >= 15 is 0 Å². The number of halogens is 1. The lowest BCUT2D eigenvalue weighted by Gasteiger charge is -2.61. The van der Waals surface area contributed by atoms with E-state index in [1.165, 1.54) is 30.1 Å². The number of carbonyl (C=O) groups is 2. The number of likely N-dealkylation sites (tertiary alicyclic amines) is 1. The van der Waals surface area contributed by atoms with Gasteiger partial charge in [0.1, 0.15) is 35.3 Å². The molecule has 284 valence electrons. The van der Waals surface area contributed by atoms with Gasteiger partial charge in [0.25, 0.3) is 11.8 Å². The number of amides is 2. The summed E-state index contributed by atoms with van der Waals surface area (Å²) in [5, 5.41) is 8.17. The Labute approximate surface area is 310 Å². The van der Waals surface area contributed by atoms with E-state index in [0.29, 0.717) is 31.5 Å². The number of fused-ring (bicyclic) bond motifs is 1. The van der Waals surface area contributed by atoms with Gasteiger partial charge in [0.2, 0.25) is 0 Å². The molecule has 5 heterocycles. The molecule has 3 aliphatic heterocycles. The number of aromatic nitrogens is 4. The second-order valence-electron chi connectivity index (χ2n) is 16.2. The minimum atomic E-state index is -0.526. The number of hydrogen-bond donors (Lipinski definition) is 0. The van der Waals surface area contributed by atoms with Crippen molar-refractivity contribution in [2.24, 2.45) is 5.41 Å². The molecule has 1 saturated carbocycles. The van der Waals surface area contributed by atoms with Gasteiger partial charge >= 0.3 is 6.09 Å². The van der Waals surface area contributed by atoms with Gasteiger partial charge in [-0.1, -0.05) is 0 Å². The fraction of sp³-hybridized carbons (Fsp3) is 0.590. The van der Waals surface area contributed by atoms with Crippen molar-refractivity contribution in [3.8, 4) is 17.4 Å². The average molecular weight is 731 g/mol. The number of pyridine rings is 1. The van der Waals surface area contributed by atoms with Crippen LogP contribution in [0.2, 0.25) is 0 Å². The van der Waals surface area contributed by atoms with Crippen LogP contribution in [0, 0.1) is 11.2 Å². The third-order valence-corrected chi connectivity index (χ3v) is 10.9. The van der Waals surface area contributed by atoms with Gasteiger partial charge in [0, 0.05) is 100 Å². The third kappa shape index (κ3) is 7.88. The van der Waals surface area contributed by atoms with E-state index in [2.05, 4.69) is 25.0 Å². The number of piperidine rings is 1. The number of rotatable bonds is 9. The van der Waals surface area contributed by atoms with E-state index in [-0.39, 0.29) is 46.8 Å². The fourth-order valence-corrected chi connectivity index (χ4v) is 8.20. The highest BCUT2D eigenvalue weighted by molar-refractivity contribution is 5.97. The lowest BCUT2D eigenvalue weighted by molar-refractivity contribution is -0.110. The topological polar surface area (TPSA) is 126 Å². The second-order valence-corrected chi connectivity index (χ2v) is 16.2. The van der Waals surface area contributed by atoms with Gasteiger partial charge in [-0.25, -0.2) is 14.2 Å². The molecule has 2 saturated heterocycles. The summed E-state index contributed by atoms with van der Waals surface area (Å²) in [6.45, 7) is 16.5.